The van der Waals surface area contributed by atoms with E-state index in [0.717, 1.165) is 57.8 Å². The standard InChI is InChI=1S/C37H66O6/c1-3-5-7-9-11-12-13-14-15-16-18-22-26-30-36(40)42-32-35(39)33-43-37(41)31-27-23-19-21-25-29-34(38)28-24-20-17-10-8-6-4-2/h17,20,24,28,35,39H,3-16,18-19,21-23,25-27,29-33H2,1-2H3/b20-17-,28-24+/t35-/m0/s1. The highest BCUT2D eigenvalue weighted by molar-refractivity contribution is 5.89. The summed E-state index contributed by atoms with van der Waals surface area (Å²) < 4.78 is 10.2. The van der Waals surface area contributed by atoms with Crippen LogP contribution in [0.25, 0.3) is 0 Å². The van der Waals surface area contributed by atoms with Crippen LogP contribution in [0.5, 0.6) is 0 Å². The van der Waals surface area contributed by atoms with Crippen LogP contribution in [0.1, 0.15) is 174 Å². The van der Waals surface area contributed by atoms with Crippen molar-refractivity contribution in [2.75, 3.05) is 13.2 Å². The molecule has 1 N–H and O–H groups in total. The van der Waals surface area contributed by atoms with Gasteiger partial charge in [0.05, 0.1) is 0 Å². The summed E-state index contributed by atoms with van der Waals surface area (Å²) in [6, 6.07) is 0. The van der Waals surface area contributed by atoms with Crippen LogP contribution >= 0.6 is 0 Å². The van der Waals surface area contributed by atoms with Crippen molar-refractivity contribution in [2.24, 2.45) is 0 Å². The second-order valence-electron chi connectivity index (χ2n) is 12.0. The predicted molar refractivity (Wildman–Crippen MR) is 178 cm³/mol. The minimum Gasteiger partial charge on any atom is -0.463 e. The van der Waals surface area contributed by atoms with Crippen LogP contribution in [0.15, 0.2) is 24.3 Å². The molecule has 43 heavy (non-hydrogen) atoms. The third kappa shape index (κ3) is 32.8. The first-order valence-electron chi connectivity index (χ1n) is 17.8. The molecule has 0 unspecified atom stereocenters. The van der Waals surface area contributed by atoms with Crippen molar-refractivity contribution in [3.63, 3.8) is 0 Å². The molecule has 0 aromatic heterocycles. The van der Waals surface area contributed by atoms with E-state index >= 15 is 0 Å². The molecular formula is C37H66O6. The number of allylic oxidation sites excluding steroid dienone is 4. The normalized spacial score (nSPS) is 12.3. The molecule has 250 valence electrons. The van der Waals surface area contributed by atoms with Gasteiger partial charge >= 0.3 is 11.9 Å². The van der Waals surface area contributed by atoms with Crippen molar-refractivity contribution in [3.05, 3.63) is 24.3 Å². The van der Waals surface area contributed by atoms with Gasteiger partial charge in [0.2, 0.25) is 0 Å². The van der Waals surface area contributed by atoms with E-state index in [0.29, 0.717) is 19.3 Å². The Hall–Kier alpha value is -1.95. The third-order valence-corrected chi connectivity index (χ3v) is 7.67. The maximum atomic E-state index is 11.9. The lowest BCUT2D eigenvalue weighted by Gasteiger charge is -2.12. The monoisotopic (exact) mass is 606 g/mol. The van der Waals surface area contributed by atoms with Gasteiger partial charge in [-0.05, 0) is 38.2 Å². The van der Waals surface area contributed by atoms with E-state index in [2.05, 4.69) is 19.9 Å². The van der Waals surface area contributed by atoms with Crippen LogP contribution in [0, 0.1) is 0 Å². The van der Waals surface area contributed by atoms with Gasteiger partial charge in [0.1, 0.15) is 19.3 Å². The number of ether oxygens (including phenoxy) is 2. The lowest BCUT2D eigenvalue weighted by molar-refractivity contribution is -0.152. The highest BCUT2D eigenvalue weighted by atomic mass is 16.6. The molecule has 0 bridgehead atoms. The van der Waals surface area contributed by atoms with Gasteiger partial charge in [0.15, 0.2) is 5.78 Å². The van der Waals surface area contributed by atoms with Gasteiger partial charge < -0.3 is 14.6 Å². The Balaban J connectivity index is 3.53. The van der Waals surface area contributed by atoms with Crippen LogP contribution in [0.4, 0.5) is 0 Å². The summed E-state index contributed by atoms with van der Waals surface area (Å²) in [5.41, 5.74) is 0. The number of rotatable bonds is 32. The number of carbonyl (C=O) groups is 3. The Morgan fingerprint density at radius 3 is 1.40 bits per heavy atom. The fraction of sp³-hybridized carbons (Fsp3) is 0.811. The van der Waals surface area contributed by atoms with E-state index in [4.69, 9.17) is 9.47 Å². The molecule has 0 aromatic carbocycles. The van der Waals surface area contributed by atoms with Crippen molar-refractivity contribution in [3.8, 4) is 0 Å². The first-order valence-corrected chi connectivity index (χ1v) is 17.8. The summed E-state index contributed by atoms with van der Waals surface area (Å²) in [7, 11) is 0. The average Bonchev–Trinajstić information content (AvgIpc) is 3.00. The third-order valence-electron chi connectivity index (χ3n) is 7.67. The van der Waals surface area contributed by atoms with Gasteiger partial charge in [0.25, 0.3) is 0 Å². The highest BCUT2D eigenvalue weighted by Gasteiger charge is 2.12. The molecule has 1 atom stereocenters. The largest absolute Gasteiger partial charge is 0.463 e. The highest BCUT2D eigenvalue weighted by Crippen LogP contribution is 2.13. The lowest BCUT2D eigenvalue weighted by Crippen LogP contribution is -2.25. The molecule has 0 heterocycles. The molecule has 0 fully saturated rings. The molecule has 0 saturated carbocycles. The van der Waals surface area contributed by atoms with E-state index in [1.807, 2.05) is 12.2 Å². The van der Waals surface area contributed by atoms with Crippen molar-refractivity contribution >= 4 is 17.7 Å². The number of hydrogen-bond donors (Lipinski definition) is 1. The SMILES string of the molecule is CCCCC/C=C\C=C\C(=O)CCCCCCCC(=O)OC[C@@H](O)COC(=O)CCCCCCCCCCCCCCC. The van der Waals surface area contributed by atoms with Crippen molar-refractivity contribution in [1.82, 2.24) is 0 Å². The zero-order chi connectivity index (χ0) is 31.6. The molecule has 0 aliphatic rings. The van der Waals surface area contributed by atoms with Crippen LogP contribution < -0.4 is 0 Å². The van der Waals surface area contributed by atoms with Crippen LogP contribution in [-0.2, 0) is 23.9 Å². The summed E-state index contributed by atoms with van der Waals surface area (Å²) in [5, 5.41) is 9.97. The fourth-order valence-corrected chi connectivity index (χ4v) is 4.89. The van der Waals surface area contributed by atoms with Gasteiger partial charge in [-0.3, -0.25) is 14.4 Å². The summed E-state index contributed by atoms with van der Waals surface area (Å²) in [6.07, 6.45) is 33.3. The second kappa shape index (κ2) is 33.0. The van der Waals surface area contributed by atoms with Crippen LogP contribution in [-0.4, -0.2) is 42.1 Å². The van der Waals surface area contributed by atoms with Crippen molar-refractivity contribution in [1.29, 1.82) is 0 Å². The molecule has 0 radical (unpaired) electrons. The Bertz CT molecular complexity index is 714. The molecule has 0 spiro atoms. The molecule has 6 nitrogen and oxygen atoms in total. The van der Waals surface area contributed by atoms with Gasteiger partial charge in [0, 0.05) is 19.3 Å². The first kappa shape index (κ1) is 41.0. The Labute approximate surface area is 264 Å². The maximum Gasteiger partial charge on any atom is 0.305 e. The molecular weight excluding hydrogens is 540 g/mol. The van der Waals surface area contributed by atoms with Crippen molar-refractivity contribution < 1.29 is 29.0 Å². The van der Waals surface area contributed by atoms with Gasteiger partial charge in [-0.15, -0.1) is 0 Å². The van der Waals surface area contributed by atoms with Crippen molar-refractivity contribution in [2.45, 2.75) is 180 Å². The fourth-order valence-electron chi connectivity index (χ4n) is 4.89. The molecule has 0 aliphatic carbocycles. The van der Waals surface area contributed by atoms with Crippen LogP contribution in [0.3, 0.4) is 0 Å². The minimum atomic E-state index is -0.998. The molecule has 6 heteroatoms. The van der Waals surface area contributed by atoms with E-state index in [1.54, 1.807) is 6.08 Å². The number of unbranched alkanes of at least 4 members (excludes halogenated alkanes) is 19. The van der Waals surface area contributed by atoms with E-state index in [-0.39, 0.29) is 30.9 Å². The van der Waals surface area contributed by atoms with E-state index in [1.165, 1.54) is 83.5 Å². The lowest BCUT2D eigenvalue weighted by atomic mass is 10.0. The molecule has 0 amide bonds. The number of ketones is 1. The Morgan fingerprint density at radius 1 is 0.535 bits per heavy atom. The smallest absolute Gasteiger partial charge is 0.305 e. The molecule has 0 aliphatic heterocycles. The maximum absolute atomic E-state index is 11.9. The zero-order valence-corrected chi connectivity index (χ0v) is 28.0. The minimum absolute atomic E-state index is 0.145. The first-order chi connectivity index (χ1) is 21.0. The summed E-state index contributed by atoms with van der Waals surface area (Å²) in [6.45, 7) is 4.14. The van der Waals surface area contributed by atoms with E-state index in [9.17, 15) is 19.5 Å². The zero-order valence-electron chi connectivity index (χ0n) is 28.0. The summed E-state index contributed by atoms with van der Waals surface area (Å²) >= 11 is 0. The number of hydrogen-bond acceptors (Lipinski definition) is 6. The number of esters is 2. The van der Waals surface area contributed by atoms with Gasteiger partial charge in [-0.25, -0.2) is 0 Å². The van der Waals surface area contributed by atoms with Gasteiger partial charge in [-0.1, -0.05) is 141 Å². The van der Waals surface area contributed by atoms with Gasteiger partial charge in [-0.2, -0.15) is 0 Å². The number of carbonyl (C=O) groups excluding carboxylic acids is 3. The predicted octanol–water partition coefficient (Wildman–Crippen LogP) is 9.91. The second-order valence-corrected chi connectivity index (χ2v) is 12.0. The quantitative estimate of drug-likeness (QED) is 0.0355. The molecule has 0 aromatic rings. The van der Waals surface area contributed by atoms with Crippen LogP contribution in [0.2, 0.25) is 0 Å². The average molecular weight is 607 g/mol. The summed E-state index contributed by atoms with van der Waals surface area (Å²) in [4.78, 5) is 35.7. The number of aliphatic hydroxyl groups excluding tert-OH is 1. The molecule has 0 rings (SSSR count). The Kier molecular flexibility index (Phi) is 31.5. The topological polar surface area (TPSA) is 89.9 Å². The summed E-state index contributed by atoms with van der Waals surface area (Å²) in [5.74, 6) is -0.494. The number of aliphatic hydroxyl groups is 1. The molecule has 0 saturated heterocycles. The Morgan fingerprint density at radius 2 is 0.930 bits per heavy atom. The van der Waals surface area contributed by atoms with E-state index < -0.39 is 6.10 Å².